The first-order valence-electron chi connectivity index (χ1n) is 7.34. The molecule has 0 spiro atoms. The van der Waals surface area contributed by atoms with E-state index in [0.717, 1.165) is 16.7 Å². The molecule has 4 nitrogen and oxygen atoms in total. The highest BCUT2D eigenvalue weighted by molar-refractivity contribution is 7.91. The molecule has 0 heterocycles. The van der Waals surface area contributed by atoms with E-state index in [1.165, 1.54) is 12.1 Å². The van der Waals surface area contributed by atoms with Gasteiger partial charge < -0.3 is 10.2 Å². The average Bonchev–Trinajstić information content (AvgIpc) is 2.49. The normalized spacial score (nSPS) is 11.7. The highest BCUT2D eigenvalue weighted by Crippen LogP contribution is 2.38. The van der Waals surface area contributed by atoms with Crippen LogP contribution in [0.1, 0.15) is 33.4 Å². The van der Waals surface area contributed by atoms with E-state index in [2.05, 4.69) is 0 Å². The number of hydrogen-bond donors (Lipinski definition) is 2. The molecule has 0 saturated carbocycles. The fourth-order valence-corrected chi connectivity index (χ4v) is 4.43. The molecule has 0 amide bonds. The van der Waals surface area contributed by atoms with E-state index in [9.17, 15) is 18.6 Å². The van der Waals surface area contributed by atoms with Crippen molar-refractivity contribution in [3.05, 3.63) is 45.5 Å². The maximum Gasteiger partial charge on any atom is 0.210 e. The lowest BCUT2D eigenvalue weighted by atomic mass is 10.0. The number of aryl methyl sites for hydroxylation is 1. The van der Waals surface area contributed by atoms with Gasteiger partial charge in [-0.1, -0.05) is 0 Å². The van der Waals surface area contributed by atoms with Crippen molar-refractivity contribution in [3.8, 4) is 11.5 Å². The molecule has 2 rings (SSSR count). The monoisotopic (exact) mass is 334 g/mol. The lowest BCUT2D eigenvalue weighted by Gasteiger charge is -2.17. The Morgan fingerprint density at radius 2 is 1.26 bits per heavy atom. The zero-order chi connectivity index (χ0) is 17.7. The van der Waals surface area contributed by atoms with Crippen LogP contribution in [-0.4, -0.2) is 18.6 Å². The molecule has 0 radical (unpaired) electrons. The Morgan fingerprint density at radius 1 is 0.696 bits per heavy atom. The number of phenols is 2. The Bertz CT molecular complexity index is 840. The van der Waals surface area contributed by atoms with Crippen molar-refractivity contribution >= 4 is 9.84 Å². The van der Waals surface area contributed by atoms with E-state index in [1.54, 1.807) is 27.7 Å². The zero-order valence-corrected chi connectivity index (χ0v) is 15.1. The van der Waals surface area contributed by atoms with Gasteiger partial charge in [0.1, 0.15) is 16.4 Å². The Balaban J connectivity index is 2.85. The quantitative estimate of drug-likeness (QED) is 0.876. The van der Waals surface area contributed by atoms with Crippen molar-refractivity contribution < 1.29 is 18.6 Å². The van der Waals surface area contributed by atoms with Crippen molar-refractivity contribution in [1.29, 1.82) is 0 Å². The number of aromatic hydroxyl groups is 2. The standard InChI is InChI=1S/C18H22O4S/c1-9-7-17(18(20)14(6)10(9)2)23(21,22)16-8-15(19)12(4)11(3)13(16)5/h7-8,19-20H,1-6H3. The number of benzene rings is 2. The topological polar surface area (TPSA) is 74.6 Å². The molecule has 2 aromatic carbocycles. The van der Waals surface area contributed by atoms with Crippen LogP contribution in [0.15, 0.2) is 21.9 Å². The number of rotatable bonds is 2. The second-order valence-corrected chi connectivity index (χ2v) is 7.95. The molecule has 124 valence electrons. The summed E-state index contributed by atoms with van der Waals surface area (Å²) in [5.41, 5.74) is 4.17. The van der Waals surface area contributed by atoms with Crippen LogP contribution in [0.3, 0.4) is 0 Å². The maximum absolute atomic E-state index is 13.0. The maximum atomic E-state index is 13.0. The molecule has 0 saturated heterocycles. The van der Waals surface area contributed by atoms with Crippen LogP contribution in [0.5, 0.6) is 11.5 Å². The van der Waals surface area contributed by atoms with Crippen molar-refractivity contribution in [1.82, 2.24) is 0 Å². The largest absolute Gasteiger partial charge is 0.508 e. The van der Waals surface area contributed by atoms with Crippen LogP contribution in [0.2, 0.25) is 0 Å². The first kappa shape index (κ1) is 17.3. The van der Waals surface area contributed by atoms with Gasteiger partial charge in [-0.3, -0.25) is 0 Å². The minimum Gasteiger partial charge on any atom is -0.508 e. The van der Waals surface area contributed by atoms with Gasteiger partial charge in [0.05, 0.1) is 4.90 Å². The minimum absolute atomic E-state index is 0.0241. The second-order valence-electron chi connectivity index (χ2n) is 6.06. The van der Waals surface area contributed by atoms with Crippen molar-refractivity contribution in [2.75, 3.05) is 0 Å². The van der Waals surface area contributed by atoms with Gasteiger partial charge in [0.15, 0.2) is 0 Å². The molecule has 5 heteroatoms. The molecule has 0 aliphatic heterocycles. The van der Waals surface area contributed by atoms with Gasteiger partial charge in [0.2, 0.25) is 9.84 Å². The van der Waals surface area contributed by atoms with Gasteiger partial charge in [-0.05, 0) is 87.1 Å². The second kappa shape index (κ2) is 5.57. The van der Waals surface area contributed by atoms with Gasteiger partial charge in [0.25, 0.3) is 0 Å². The van der Waals surface area contributed by atoms with Crippen molar-refractivity contribution in [3.63, 3.8) is 0 Å². The molecular formula is C18H22O4S. The summed E-state index contributed by atoms with van der Waals surface area (Å²) in [6.07, 6.45) is 0. The molecule has 2 aromatic rings. The van der Waals surface area contributed by atoms with E-state index in [4.69, 9.17) is 0 Å². The molecule has 0 aromatic heterocycles. The molecule has 0 aliphatic carbocycles. The molecule has 0 fully saturated rings. The summed E-state index contributed by atoms with van der Waals surface area (Å²) in [7, 11) is -3.93. The predicted molar refractivity (Wildman–Crippen MR) is 90.1 cm³/mol. The summed E-state index contributed by atoms with van der Waals surface area (Å²) in [4.78, 5) is -0.0973. The van der Waals surface area contributed by atoms with E-state index in [-0.39, 0.29) is 21.3 Å². The first-order chi connectivity index (χ1) is 10.5. The third-order valence-corrected chi connectivity index (χ3v) is 6.71. The lowest BCUT2D eigenvalue weighted by Crippen LogP contribution is -2.08. The lowest BCUT2D eigenvalue weighted by molar-refractivity contribution is 0.453. The van der Waals surface area contributed by atoms with Crippen LogP contribution in [0, 0.1) is 41.5 Å². The number of hydrogen-bond acceptors (Lipinski definition) is 4. The van der Waals surface area contributed by atoms with Crippen LogP contribution in [0.25, 0.3) is 0 Å². The first-order valence-corrected chi connectivity index (χ1v) is 8.83. The van der Waals surface area contributed by atoms with Crippen LogP contribution in [0.4, 0.5) is 0 Å². The number of phenolic OH excluding ortho intramolecular Hbond substituents is 2. The van der Waals surface area contributed by atoms with Gasteiger partial charge in [-0.15, -0.1) is 0 Å². The summed E-state index contributed by atoms with van der Waals surface area (Å²) >= 11 is 0. The molecule has 0 bridgehead atoms. The fraction of sp³-hybridized carbons (Fsp3) is 0.333. The molecule has 0 atom stereocenters. The molecular weight excluding hydrogens is 312 g/mol. The van der Waals surface area contributed by atoms with E-state index in [0.29, 0.717) is 16.7 Å². The van der Waals surface area contributed by atoms with E-state index >= 15 is 0 Å². The summed E-state index contributed by atoms with van der Waals surface area (Å²) in [5.74, 6) is -0.295. The SMILES string of the molecule is Cc1cc(S(=O)(=O)c2cc(O)c(C)c(C)c2C)c(O)c(C)c1C. The van der Waals surface area contributed by atoms with Gasteiger partial charge in [-0.25, -0.2) is 8.42 Å². The third kappa shape index (κ3) is 2.59. The summed E-state index contributed by atoms with van der Waals surface area (Å²) in [5, 5.41) is 20.4. The Hall–Kier alpha value is -2.01. The van der Waals surface area contributed by atoms with Gasteiger partial charge >= 0.3 is 0 Å². The van der Waals surface area contributed by atoms with Crippen molar-refractivity contribution in [2.45, 2.75) is 51.3 Å². The summed E-state index contributed by atoms with van der Waals surface area (Å²) in [6, 6.07) is 2.75. The Morgan fingerprint density at radius 3 is 1.83 bits per heavy atom. The smallest absolute Gasteiger partial charge is 0.210 e. The fourth-order valence-electron chi connectivity index (χ4n) is 2.63. The minimum atomic E-state index is -3.93. The van der Waals surface area contributed by atoms with E-state index in [1.807, 2.05) is 13.8 Å². The summed E-state index contributed by atoms with van der Waals surface area (Å²) < 4.78 is 26.1. The van der Waals surface area contributed by atoms with Crippen LogP contribution < -0.4 is 0 Å². The van der Waals surface area contributed by atoms with Gasteiger partial charge in [-0.2, -0.15) is 0 Å². The molecule has 23 heavy (non-hydrogen) atoms. The van der Waals surface area contributed by atoms with Crippen LogP contribution in [-0.2, 0) is 9.84 Å². The Kier molecular flexibility index (Phi) is 4.20. The Labute approximate surface area is 137 Å². The third-order valence-electron chi connectivity index (χ3n) is 4.82. The van der Waals surface area contributed by atoms with E-state index < -0.39 is 9.84 Å². The van der Waals surface area contributed by atoms with Crippen LogP contribution >= 0.6 is 0 Å². The highest BCUT2D eigenvalue weighted by atomic mass is 32.2. The van der Waals surface area contributed by atoms with Gasteiger partial charge in [0, 0.05) is 0 Å². The predicted octanol–water partition coefficient (Wildman–Crippen LogP) is 3.78. The number of sulfone groups is 1. The van der Waals surface area contributed by atoms with Crippen molar-refractivity contribution in [2.24, 2.45) is 0 Å². The molecule has 0 aliphatic rings. The molecule has 2 N–H and O–H groups in total. The highest BCUT2D eigenvalue weighted by Gasteiger charge is 2.27. The molecule has 0 unspecified atom stereocenters. The zero-order valence-electron chi connectivity index (χ0n) is 14.3. The average molecular weight is 334 g/mol. The summed E-state index contributed by atoms with van der Waals surface area (Å²) in [6.45, 7) is 10.6.